The summed E-state index contributed by atoms with van der Waals surface area (Å²) in [5.41, 5.74) is 2.32. The van der Waals surface area contributed by atoms with E-state index in [-0.39, 0.29) is 0 Å². The number of aromatic nitrogens is 2. The lowest BCUT2D eigenvalue weighted by molar-refractivity contribution is 0.829. The first-order valence-electron chi connectivity index (χ1n) is 4.33. The highest BCUT2D eigenvalue weighted by Gasteiger charge is 2.05. The van der Waals surface area contributed by atoms with Gasteiger partial charge < -0.3 is 4.57 Å². The molecule has 1 heterocycles. The molecule has 0 bridgehead atoms. The van der Waals surface area contributed by atoms with Gasteiger partial charge in [-0.15, -0.1) is 0 Å². The molecule has 0 unspecified atom stereocenters. The molecule has 2 aromatic rings. The fraction of sp³-hybridized carbons (Fsp3) is 0.300. The third-order valence-electron chi connectivity index (χ3n) is 2.25. The first-order chi connectivity index (χ1) is 6.22. The Kier molecular flexibility index (Phi) is 2.27. The summed E-state index contributed by atoms with van der Waals surface area (Å²) < 4.78 is 3.40. The molecule has 68 valence electrons. The predicted octanol–water partition coefficient (Wildman–Crippen LogP) is 2.74. The molecular formula is C10H11IN2. The summed E-state index contributed by atoms with van der Waals surface area (Å²) in [5.74, 6) is 1.15. The molecule has 0 spiro atoms. The monoisotopic (exact) mass is 286 g/mol. The molecule has 0 saturated heterocycles. The van der Waals surface area contributed by atoms with E-state index in [0.29, 0.717) is 0 Å². The molecule has 3 heteroatoms. The normalized spacial score (nSPS) is 11.0. The van der Waals surface area contributed by atoms with Crippen molar-refractivity contribution < 1.29 is 0 Å². The Bertz CT molecular complexity index is 445. The van der Waals surface area contributed by atoms with Crippen LogP contribution >= 0.6 is 22.6 Å². The lowest BCUT2D eigenvalue weighted by atomic mass is 10.3. The minimum atomic E-state index is 0.988. The Hall–Kier alpha value is -0.580. The molecule has 13 heavy (non-hydrogen) atoms. The van der Waals surface area contributed by atoms with E-state index in [2.05, 4.69) is 64.3 Å². The SMILES string of the molecule is CCc1nc2cc(I)ccc2n1C. The van der Waals surface area contributed by atoms with Gasteiger partial charge in [0.15, 0.2) is 0 Å². The molecule has 0 N–H and O–H groups in total. The highest BCUT2D eigenvalue weighted by molar-refractivity contribution is 14.1. The second-order valence-electron chi connectivity index (χ2n) is 3.07. The number of imidazole rings is 1. The summed E-state index contributed by atoms with van der Waals surface area (Å²) >= 11 is 2.31. The average Bonchev–Trinajstić information content (AvgIpc) is 2.42. The zero-order valence-electron chi connectivity index (χ0n) is 7.71. The number of benzene rings is 1. The largest absolute Gasteiger partial charge is 0.331 e. The molecule has 0 atom stereocenters. The van der Waals surface area contributed by atoms with Gasteiger partial charge in [0.05, 0.1) is 11.0 Å². The van der Waals surface area contributed by atoms with Crippen LogP contribution in [0.1, 0.15) is 12.7 Å². The van der Waals surface area contributed by atoms with Gasteiger partial charge >= 0.3 is 0 Å². The van der Waals surface area contributed by atoms with Crippen molar-refractivity contribution in [2.24, 2.45) is 7.05 Å². The molecule has 0 aliphatic carbocycles. The van der Waals surface area contributed by atoms with Crippen LogP contribution in [0.15, 0.2) is 18.2 Å². The van der Waals surface area contributed by atoms with E-state index >= 15 is 0 Å². The van der Waals surface area contributed by atoms with Gasteiger partial charge in [0.2, 0.25) is 0 Å². The standard InChI is InChI=1S/C10H11IN2/c1-3-10-12-8-6-7(11)4-5-9(8)13(10)2/h4-6H,3H2,1-2H3. The summed E-state index contributed by atoms with van der Waals surface area (Å²) in [6.45, 7) is 2.13. The van der Waals surface area contributed by atoms with Gasteiger partial charge in [0, 0.05) is 17.0 Å². The Labute approximate surface area is 91.1 Å². The van der Waals surface area contributed by atoms with E-state index < -0.39 is 0 Å². The quantitative estimate of drug-likeness (QED) is 0.737. The number of hydrogen-bond donors (Lipinski definition) is 0. The van der Waals surface area contributed by atoms with Crippen molar-refractivity contribution in [1.29, 1.82) is 0 Å². The molecule has 0 amide bonds. The first kappa shape index (κ1) is 8.99. The summed E-state index contributed by atoms with van der Waals surface area (Å²) in [6, 6.07) is 6.36. The fourth-order valence-corrected chi connectivity index (χ4v) is 2.01. The number of aryl methyl sites for hydroxylation is 2. The van der Waals surface area contributed by atoms with Gasteiger partial charge in [-0.1, -0.05) is 6.92 Å². The zero-order chi connectivity index (χ0) is 9.42. The van der Waals surface area contributed by atoms with E-state index in [1.807, 2.05) is 0 Å². The van der Waals surface area contributed by atoms with Crippen LogP contribution in [-0.4, -0.2) is 9.55 Å². The minimum absolute atomic E-state index is 0.988. The first-order valence-corrected chi connectivity index (χ1v) is 5.41. The number of rotatable bonds is 1. The second-order valence-corrected chi connectivity index (χ2v) is 4.32. The number of hydrogen-bond acceptors (Lipinski definition) is 1. The summed E-state index contributed by atoms with van der Waals surface area (Å²) in [5, 5.41) is 0. The van der Waals surface area contributed by atoms with E-state index in [4.69, 9.17) is 0 Å². The highest BCUT2D eigenvalue weighted by Crippen LogP contribution is 2.17. The molecule has 0 radical (unpaired) electrons. The zero-order valence-corrected chi connectivity index (χ0v) is 9.87. The van der Waals surface area contributed by atoms with Gasteiger partial charge in [-0.2, -0.15) is 0 Å². The van der Waals surface area contributed by atoms with Crippen molar-refractivity contribution in [1.82, 2.24) is 9.55 Å². The van der Waals surface area contributed by atoms with Crippen LogP contribution in [0.3, 0.4) is 0 Å². The van der Waals surface area contributed by atoms with Gasteiger partial charge in [-0.05, 0) is 40.8 Å². The lowest BCUT2D eigenvalue weighted by Gasteiger charge is -1.97. The van der Waals surface area contributed by atoms with Gasteiger partial charge in [-0.25, -0.2) is 4.98 Å². The fourth-order valence-electron chi connectivity index (χ4n) is 1.54. The molecule has 0 aliphatic heterocycles. The van der Waals surface area contributed by atoms with Gasteiger partial charge in [0.25, 0.3) is 0 Å². The Morgan fingerprint density at radius 1 is 1.46 bits per heavy atom. The van der Waals surface area contributed by atoms with Gasteiger partial charge in [0.1, 0.15) is 5.82 Å². The molecule has 0 aliphatic rings. The second kappa shape index (κ2) is 3.29. The molecule has 1 aromatic carbocycles. The Morgan fingerprint density at radius 3 is 2.92 bits per heavy atom. The number of nitrogens with zero attached hydrogens (tertiary/aromatic N) is 2. The molecule has 1 aromatic heterocycles. The number of fused-ring (bicyclic) bond motifs is 1. The van der Waals surface area contributed by atoms with E-state index in [0.717, 1.165) is 17.8 Å². The van der Waals surface area contributed by atoms with Crippen LogP contribution in [0.2, 0.25) is 0 Å². The van der Waals surface area contributed by atoms with E-state index in [1.54, 1.807) is 0 Å². The predicted molar refractivity (Wildman–Crippen MR) is 62.8 cm³/mol. The maximum atomic E-state index is 4.55. The molecule has 2 rings (SSSR count). The van der Waals surface area contributed by atoms with Crippen molar-refractivity contribution in [3.05, 3.63) is 27.6 Å². The van der Waals surface area contributed by atoms with Crippen molar-refractivity contribution in [3.8, 4) is 0 Å². The van der Waals surface area contributed by atoms with Crippen LogP contribution in [0.25, 0.3) is 11.0 Å². The maximum Gasteiger partial charge on any atom is 0.109 e. The molecule has 0 fully saturated rings. The molecule has 2 nitrogen and oxygen atoms in total. The highest BCUT2D eigenvalue weighted by atomic mass is 127. The Balaban J connectivity index is 2.76. The van der Waals surface area contributed by atoms with Gasteiger partial charge in [-0.3, -0.25) is 0 Å². The third-order valence-corrected chi connectivity index (χ3v) is 2.92. The van der Waals surface area contributed by atoms with Crippen molar-refractivity contribution >= 4 is 33.6 Å². The maximum absolute atomic E-state index is 4.55. The van der Waals surface area contributed by atoms with E-state index in [9.17, 15) is 0 Å². The molecule has 0 saturated carbocycles. The average molecular weight is 286 g/mol. The number of halogens is 1. The summed E-state index contributed by atoms with van der Waals surface area (Å²) in [6.07, 6.45) is 0.988. The van der Waals surface area contributed by atoms with Crippen LogP contribution in [0, 0.1) is 3.57 Å². The van der Waals surface area contributed by atoms with Crippen LogP contribution in [0.4, 0.5) is 0 Å². The topological polar surface area (TPSA) is 17.8 Å². The molecular weight excluding hydrogens is 275 g/mol. The minimum Gasteiger partial charge on any atom is -0.331 e. The van der Waals surface area contributed by atoms with Crippen molar-refractivity contribution in [3.63, 3.8) is 0 Å². The van der Waals surface area contributed by atoms with Crippen LogP contribution < -0.4 is 0 Å². The summed E-state index contributed by atoms with van der Waals surface area (Å²) in [7, 11) is 2.07. The lowest BCUT2D eigenvalue weighted by Crippen LogP contribution is -1.94. The third kappa shape index (κ3) is 1.45. The van der Waals surface area contributed by atoms with E-state index in [1.165, 1.54) is 9.09 Å². The smallest absolute Gasteiger partial charge is 0.109 e. The van der Waals surface area contributed by atoms with Crippen molar-refractivity contribution in [2.45, 2.75) is 13.3 Å². The Morgan fingerprint density at radius 2 is 2.23 bits per heavy atom. The van der Waals surface area contributed by atoms with Crippen LogP contribution in [0.5, 0.6) is 0 Å². The van der Waals surface area contributed by atoms with Crippen molar-refractivity contribution in [2.75, 3.05) is 0 Å². The summed E-state index contributed by atoms with van der Waals surface area (Å²) in [4.78, 5) is 4.55. The van der Waals surface area contributed by atoms with Crippen LogP contribution in [-0.2, 0) is 13.5 Å².